The summed E-state index contributed by atoms with van der Waals surface area (Å²) in [4.78, 5) is 24.5. The average Bonchev–Trinajstić information content (AvgIpc) is 3.55. The van der Waals surface area contributed by atoms with E-state index in [2.05, 4.69) is 99.9 Å². The molecule has 0 aliphatic carbocycles. The molecule has 2 aliphatic rings. The Labute approximate surface area is 559 Å². The van der Waals surface area contributed by atoms with E-state index in [0.717, 1.165) is 28.3 Å². The molecule has 4 aromatic heterocycles. The number of aryl methyl sites for hydroxylation is 1. The van der Waals surface area contributed by atoms with Crippen molar-refractivity contribution in [3.05, 3.63) is 93.6 Å². The molecule has 0 unspecified atom stereocenters. The molecular formula is C36H52KN5O2Y8-2. The van der Waals surface area contributed by atoms with Gasteiger partial charge in [0.05, 0.1) is 21.9 Å². The van der Waals surface area contributed by atoms with Gasteiger partial charge in [0, 0.05) is 297 Å². The van der Waals surface area contributed by atoms with Crippen LogP contribution in [0.4, 0.5) is 5.69 Å². The van der Waals surface area contributed by atoms with Crippen molar-refractivity contribution >= 4 is 5.69 Å². The maximum Gasteiger partial charge on any atom is 1.00 e. The molecule has 52 heavy (non-hydrogen) atoms. The largest absolute Gasteiger partial charge is 1.00 e. The van der Waals surface area contributed by atoms with Gasteiger partial charge in [-0.15, -0.1) is 5.56 Å². The van der Waals surface area contributed by atoms with Gasteiger partial charge in [-0.25, -0.2) is 0 Å². The molecule has 16 heteroatoms. The van der Waals surface area contributed by atoms with Crippen LogP contribution in [0, 0.1) is 40.6 Å². The molecular weight excluding hydrogens is 1280 g/mol. The summed E-state index contributed by atoms with van der Waals surface area (Å²) >= 11 is 0. The number of nitrogen functional groups attached to an aromatic ring is 1. The minimum Gasteiger partial charge on any atom is -0.447 e. The van der Waals surface area contributed by atoms with Crippen LogP contribution < -0.4 is 68.0 Å². The Morgan fingerprint density at radius 2 is 0.865 bits per heavy atom. The molecule has 0 saturated carbocycles. The van der Waals surface area contributed by atoms with Crippen molar-refractivity contribution in [2.45, 2.75) is 113 Å². The van der Waals surface area contributed by atoms with E-state index in [1.807, 2.05) is 43.5 Å². The number of hydrogen-bond donors (Lipinski definition) is 1. The maximum absolute atomic E-state index is 12.3. The van der Waals surface area contributed by atoms with Crippen molar-refractivity contribution in [2.24, 2.45) is 0 Å². The number of aromatic nitrogens is 4. The summed E-state index contributed by atoms with van der Waals surface area (Å²) < 4.78 is 8.71. The van der Waals surface area contributed by atoms with Crippen molar-refractivity contribution in [3.8, 4) is 22.8 Å². The summed E-state index contributed by atoms with van der Waals surface area (Å²) in [5, 5.41) is 0. The van der Waals surface area contributed by atoms with E-state index in [9.17, 15) is 9.59 Å². The van der Waals surface area contributed by atoms with Gasteiger partial charge in [0.2, 0.25) is 0 Å². The molecule has 0 saturated heterocycles. The number of hydrogen-bond acceptors (Lipinski definition) is 3. The molecule has 6 rings (SSSR count). The fourth-order valence-corrected chi connectivity index (χ4v) is 6.25. The maximum atomic E-state index is 12.3. The Bertz CT molecular complexity index is 1690. The van der Waals surface area contributed by atoms with Gasteiger partial charge in [0.1, 0.15) is 0 Å². The first-order chi connectivity index (χ1) is 18.4. The van der Waals surface area contributed by atoms with Crippen LogP contribution in [0.2, 0.25) is 0 Å². The first-order valence-corrected chi connectivity index (χ1v) is 13.9. The van der Waals surface area contributed by atoms with Crippen molar-refractivity contribution in [3.63, 3.8) is 0 Å². The fourth-order valence-electron chi connectivity index (χ4n) is 6.25. The molecule has 0 atom stereocenters. The van der Waals surface area contributed by atoms with E-state index in [-0.39, 0.29) is 374 Å². The summed E-state index contributed by atoms with van der Waals surface area (Å²) in [7, 11) is 0. The van der Waals surface area contributed by atoms with Crippen molar-refractivity contribution in [1.29, 1.82) is 0 Å². The van der Waals surface area contributed by atoms with Crippen molar-refractivity contribution in [1.82, 2.24) is 18.3 Å². The van der Waals surface area contributed by atoms with Gasteiger partial charge in [0.25, 0.3) is 0 Å². The van der Waals surface area contributed by atoms with Crippen LogP contribution in [0.15, 0.2) is 46.2 Å². The number of anilines is 1. The molecule has 0 amide bonds. The zero-order chi connectivity index (χ0) is 29.7. The van der Waals surface area contributed by atoms with Crippen LogP contribution in [0.25, 0.3) is 22.8 Å². The second-order valence-corrected chi connectivity index (χ2v) is 13.3. The minimum atomic E-state index is -0.249. The summed E-state index contributed by atoms with van der Waals surface area (Å²) in [6.45, 7) is 23.2. The number of nitrogens with zero attached hydrogens (tertiary/aromatic N) is 4. The van der Waals surface area contributed by atoms with E-state index in [1.165, 1.54) is 0 Å². The van der Waals surface area contributed by atoms with Gasteiger partial charge in [-0.05, 0) is 96.7 Å². The van der Waals surface area contributed by atoms with Gasteiger partial charge in [0.15, 0.2) is 0 Å². The molecule has 6 heterocycles. The smallest absolute Gasteiger partial charge is 0.447 e. The van der Waals surface area contributed by atoms with E-state index in [0.29, 0.717) is 11.1 Å². The molecule has 0 aromatic carbocycles. The second-order valence-electron chi connectivity index (χ2n) is 13.3. The van der Waals surface area contributed by atoms with Gasteiger partial charge in [-0.1, -0.05) is 59.1 Å². The number of pyridine rings is 2. The van der Waals surface area contributed by atoms with Crippen LogP contribution in [-0.2, 0) is 284 Å². The van der Waals surface area contributed by atoms with Gasteiger partial charge in [-0.3, -0.25) is 0 Å². The standard InChI is InChI=1S/C17H21N2O.C16H20N3O.2CH4.CH3.K.8Y/c1-11-10-19-14(12(2)15(11)20)13-8-7-9-18(13)16(3,4)17(19,5)6;1-10-13-12-7-6-8-18(12)15(2,3)16(4,5)19(13)9-11(17)14(10)20;;;;;;;;;;;;/h7-9H,1-6H3;6-8H,17H2,1-5H3;2*1H4;1H3;;;;;;;;;/q2*-1;;;-1;+1;;;;;;;;. The third kappa shape index (κ3) is 12.9. The Hall–Kier alpha value is 6.73. The molecule has 2 aliphatic heterocycles. The quantitative estimate of drug-likeness (QED) is 0.210. The second kappa shape index (κ2) is 28.5. The third-order valence-corrected chi connectivity index (χ3v) is 10.2. The SMILES string of the molecule is C.C.Cc1[c-]n2c(c(C)c1=O)-c1cccn1C(C)(C)C2(C)C.Cc1c2n([c-]c(N)c1=O)C(C)(C)C(C)(C)n1cccc1-2.[CH3-].[K+].[Y].[Y].[Y].[Y].[Y].[Y].[Y].[Y]. The van der Waals surface area contributed by atoms with E-state index < -0.39 is 0 Å². The molecule has 8 radical (unpaired) electrons. The van der Waals surface area contributed by atoms with Gasteiger partial charge >= 0.3 is 51.4 Å². The van der Waals surface area contributed by atoms with Crippen LogP contribution in [-0.4, -0.2) is 18.3 Å². The van der Waals surface area contributed by atoms with Crippen LogP contribution in [0.3, 0.4) is 0 Å². The average molecular weight is 1340 g/mol. The molecule has 260 valence electrons. The molecule has 7 nitrogen and oxygen atoms in total. The summed E-state index contributed by atoms with van der Waals surface area (Å²) in [6.07, 6.45) is 10.6. The van der Waals surface area contributed by atoms with Gasteiger partial charge < -0.3 is 41.0 Å². The number of nitrogens with two attached hydrogens (primary N) is 1. The number of fused-ring (bicyclic) bond motifs is 6. The normalized spacial score (nSPS) is 14.2. The molecule has 4 aromatic rings. The van der Waals surface area contributed by atoms with Crippen LogP contribution in [0.1, 0.15) is 86.9 Å². The first kappa shape index (κ1) is 76.1. The summed E-state index contributed by atoms with van der Waals surface area (Å²) in [6, 6.07) is 8.19. The molecule has 0 spiro atoms. The van der Waals surface area contributed by atoms with Crippen molar-refractivity contribution < 1.29 is 313 Å². The number of rotatable bonds is 0. The fraction of sp³-hybridized carbons (Fsp3) is 0.472. The Kier molecular flexibility index (Phi) is 41.7. The van der Waals surface area contributed by atoms with E-state index >= 15 is 0 Å². The topological polar surface area (TPSA) is 79.9 Å². The van der Waals surface area contributed by atoms with Gasteiger partial charge in [-0.2, -0.15) is 0 Å². The van der Waals surface area contributed by atoms with Crippen LogP contribution >= 0.6 is 0 Å². The minimum absolute atomic E-state index is 0. The van der Waals surface area contributed by atoms with Crippen molar-refractivity contribution in [2.75, 3.05) is 5.73 Å². The summed E-state index contributed by atoms with van der Waals surface area (Å²) in [5.41, 5.74) is 11.6. The third-order valence-electron chi connectivity index (χ3n) is 10.2. The first-order valence-electron chi connectivity index (χ1n) is 13.9. The molecule has 0 bridgehead atoms. The monoisotopic (exact) mass is 1340 g/mol. The zero-order valence-electron chi connectivity index (χ0n) is 32.3. The zero-order valence-corrected chi connectivity index (χ0v) is 58.1. The predicted octanol–water partition coefficient (Wildman–Crippen LogP) is 4.42. The Balaban J connectivity index is -0.000000101. The van der Waals surface area contributed by atoms with E-state index in [1.54, 1.807) is 0 Å². The Morgan fingerprint density at radius 3 is 1.21 bits per heavy atom. The molecule has 2 N–H and O–H groups in total. The van der Waals surface area contributed by atoms with E-state index in [4.69, 9.17) is 5.73 Å². The predicted molar refractivity (Wildman–Crippen MR) is 182 cm³/mol. The molecule has 0 fully saturated rings. The van der Waals surface area contributed by atoms with Crippen LogP contribution in [0.5, 0.6) is 0 Å². The Morgan fingerprint density at radius 1 is 0.558 bits per heavy atom. The summed E-state index contributed by atoms with van der Waals surface area (Å²) in [5.74, 6) is 0.